The Labute approximate surface area is 237 Å². The Balaban J connectivity index is 1.09. The number of hydrogen-bond acceptors (Lipinski definition) is 4. The molecule has 1 heterocycles. The fraction of sp³-hybridized carbons (Fsp3) is 0.314. The summed E-state index contributed by atoms with van der Waals surface area (Å²) in [5, 5.41) is 10.6. The number of nitrogens with zero attached hydrogens (tertiary/aromatic N) is 1. The number of hydrogen-bond donors (Lipinski definition) is 2. The molecule has 0 spiro atoms. The van der Waals surface area contributed by atoms with Crippen LogP contribution in [0.1, 0.15) is 46.6 Å². The van der Waals surface area contributed by atoms with Crippen LogP contribution < -0.4 is 10.5 Å². The lowest BCUT2D eigenvalue weighted by Gasteiger charge is -2.33. The van der Waals surface area contributed by atoms with E-state index in [9.17, 15) is 9.50 Å². The van der Waals surface area contributed by atoms with Crippen LogP contribution in [0.2, 0.25) is 0 Å². The summed E-state index contributed by atoms with van der Waals surface area (Å²) in [6.07, 6.45) is 2.43. The molecule has 1 saturated heterocycles. The van der Waals surface area contributed by atoms with E-state index in [0.717, 1.165) is 60.5 Å². The summed E-state index contributed by atoms with van der Waals surface area (Å²) in [5.74, 6) is 1.12. The molecule has 3 N–H and O–H groups in total. The van der Waals surface area contributed by atoms with Crippen molar-refractivity contribution >= 4 is 5.69 Å². The van der Waals surface area contributed by atoms with Gasteiger partial charge >= 0.3 is 0 Å². The molecule has 0 amide bonds. The maximum atomic E-state index is 13.2. The van der Waals surface area contributed by atoms with Gasteiger partial charge in [0.2, 0.25) is 0 Å². The third-order valence-corrected chi connectivity index (χ3v) is 8.04. The van der Waals surface area contributed by atoms with Crippen molar-refractivity contribution in [3.63, 3.8) is 0 Å². The minimum atomic E-state index is -0.532. The number of aliphatic hydroxyl groups is 1. The Morgan fingerprint density at radius 1 is 0.850 bits per heavy atom. The maximum absolute atomic E-state index is 13.2. The lowest BCUT2D eigenvalue weighted by molar-refractivity contribution is 0.0592. The quantitative estimate of drug-likeness (QED) is 0.228. The van der Waals surface area contributed by atoms with Crippen LogP contribution in [-0.2, 0) is 6.42 Å². The molecule has 0 saturated carbocycles. The average molecular weight is 539 g/mol. The van der Waals surface area contributed by atoms with E-state index >= 15 is 0 Å². The van der Waals surface area contributed by atoms with E-state index in [1.54, 1.807) is 0 Å². The van der Waals surface area contributed by atoms with Crippen molar-refractivity contribution in [2.45, 2.75) is 45.1 Å². The molecule has 1 atom stereocenters. The van der Waals surface area contributed by atoms with Gasteiger partial charge in [0.1, 0.15) is 24.3 Å². The first kappa shape index (κ1) is 27.9. The largest absolute Gasteiger partial charge is 0.491 e. The third kappa shape index (κ3) is 7.09. The Kier molecular flexibility index (Phi) is 8.83. The predicted octanol–water partition coefficient (Wildman–Crippen LogP) is 6.90. The number of β-amino-alcohol motifs (C(OH)–C–C–N with tert-alkyl or cyclic N) is 1. The first-order valence-electron chi connectivity index (χ1n) is 14.2. The highest BCUT2D eigenvalue weighted by Gasteiger charge is 2.22. The molecule has 0 aliphatic carbocycles. The number of aliphatic hydroxyl groups excluding tert-OH is 1. The van der Waals surface area contributed by atoms with Crippen molar-refractivity contribution in [1.29, 1.82) is 0 Å². The van der Waals surface area contributed by atoms with Crippen LogP contribution in [0.4, 0.5) is 10.1 Å². The highest BCUT2D eigenvalue weighted by atomic mass is 19.1. The van der Waals surface area contributed by atoms with E-state index < -0.39 is 6.10 Å². The van der Waals surface area contributed by atoms with E-state index in [1.807, 2.05) is 38.1 Å². The van der Waals surface area contributed by atoms with Gasteiger partial charge in [0, 0.05) is 12.2 Å². The van der Waals surface area contributed by atoms with Gasteiger partial charge in [0.25, 0.3) is 0 Å². The lowest BCUT2D eigenvalue weighted by atomic mass is 9.88. The van der Waals surface area contributed by atoms with Crippen LogP contribution >= 0.6 is 0 Å². The molecule has 0 radical (unpaired) electrons. The summed E-state index contributed by atoms with van der Waals surface area (Å²) in [5.41, 5.74) is 14.8. The average Bonchev–Trinajstić information content (AvgIpc) is 2.96. The molecule has 4 aromatic rings. The van der Waals surface area contributed by atoms with Gasteiger partial charge in [-0.15, -0.1) is 0 Å². The number of nitrogens with two attached hydrogens (primary N) is 1. The molecule has 4 nitrogen and oxygen atoms in total. The fourth-order valence-electron chi connectivity index (χ4n) is 5.55. The second kappa shape index (κ2) is 12.7. The zero-order valence-electron chi connectivity index (χ0n) is 23.4. The Hall–Kier alpha value is -3.67. The summed E-state index contributed by atoms with van der Waals surface area (Å²) in [6, 6.07) is 28.2. The van der Waals surface area contributed by atoms with Gasteiger partial charge in [-0.3, -0.25) is 0 Å². The van der Waals surface area contributed by atoms with E-state index in [4.69, 9.17) is 10.5 Å². The van der Waals surface area contributed by atoms with E-state index in [-0.39, 0.29) is 12.4 Å². The molecule has 1 fully saturated rings. The lowest BCUT2D eigenvalue weighted by Crippen LogP contribution is -2.40. The first-order chi connectivity index (χ1) is 19.3. The molecule has 1 aliphatic rings. The normalized spacial score (nSPS) is 15.2. The van der Waals surface area contributed by atoms with Crippen LogP contribution in [0.25, 0.3) is 11.1 Å². The number of anilines is 1. The van der Waals surface area contributed by atoms with E-state index in [0.29, 0.717) is 12.5 Å². The standard InChI is InChI=1S/C35H39FN2O2/c1-24-20-35(25(2)19-34(24)37)40-23-33(39)22-38-17-15-31(16-18-38)30-11-9-29(10-12-30)28-7-3-26(4-8-28)21-27-5-13-32(36)14-6-27/h3-14,19-20,31,33,39H,15-18,21-23,37H2,1-2H3. The smallest absolute Gasteiger partial charge is 0.123 e. The number of likely N-dealkylation sites (tertiary alicyclic amines) is 1. The molecule has 5 heteroatoms. The molecule has 40 heavy (non-hydrogen) atoms. The highest BCUT2D eigenvalue weighted by Crippen LogP contribution is 2.30. The number of aryl methyl sites for hydroxylation is 2. The van der Waals surface area contributed by atoms with Crippen LogP contribution in [-0.4, -0.2) is 42.4 Å². The second-order valence-electron chi connectivity index (χ2n) is 11.1. The molecule has 1 unspecified atom stereocenters. The van der Waals surface area contributed by atoms with Gasteiger partial charge in [0.05, 0.1) is 0 Å². The van der Waals surface area contributed by atoms with Crippen molar-refractivity contribution in [3.05, 3.63) is 119 Å². The molecular weight excluding hydrogens is 499 g/mol. The Morgan fingerprint density at radius 2 is 1.43 bits per heavy atom. The van der Waals surface area contributed by atoms with Gasteiger partial charge in [0.15, 0.2) is 0 Å². The first-order valence-corrected chi connectivity index (χ1v) is 14.2. The van der Waals surface area contributed by atoms with Crippen molar-refractivity contribution in [2.24, 2.45) is 0 Å². The summed E-state index contributed by atoms with van der Waals surface area (Å²) < 4.78 is 19.1. The zero-order chi connectivity index (χ0) is 28.1. The monoisotopic (exact) mass is 538 g/mol. The van der Waals surface area contributed by atoms with Gasteiger partial charge in [-0.25, -0.2) is 4.39 Å². The van der Waals surface area contributed by atoms with E-state index in [1.165, 1.54) is 34.4 Å². The van der Waals surface area contributed by atoms with Gasteiger partial charge in [-0.2, -0.15) is 0 Å². The summed E-state index contributed by atoms with van der Waals surface area (Å²) in [7, 11) is 0. The van der Waals surface area contributed by atoms with Crippen molar-refractivity contribution in [1.82, 2.24) is 4.90 Å². The number of nitrogen functional groups attached to an aromatic ring is 1. The minimum absolute atomic E-state index is 0.200. The second-order valence-corrected chi connectivity index (χ2v) is 11.1. The van der Waals surface area contributed by atoms with Gasteiger partial charge in [-0.05, 0) is 115 Å². The number of rotatable bonds is 9. The molecular formula is C35H39FN2O2. The number of piperidine rings is 1. The van der Waals surface area contributed by atoms with Crippen LogP contribution in [0.15, 0.2) is 84.9 Å². The zero-order valence-corrected chi connectivity index (χ0v) is 23.4. The molecule has 0 aromatic heterocycles. The SMILES string of the molecule is Cc1cc(OCC(O)CN2CCC(c3ccc(-c4ccc(Cc5ccc(F)cc5)cc4)cc3)CC2)c(C)cc1N. The predicted molar refractivity (Wildman–Crippen MR) is 161 cm³/mol. The van der Waals surface area contributed by atoms with Gasteiger partial charge < -0.3 is 20.5 Å². The summed E-state index contributed by atoms with van der Waals surface area (Å²) in [4.78, 5) is 2.34. The summed E-state index contributed by atoms with van der Waals surface area (Å²) in [6.45, 7) is 6.78. The number of benzene rings is 4. The Morgan fingerprint density at radius 3 is 2.05 bits per heavy atom. The topological polar surface area (TPSA) is 58.7 Å². The molecule has 4 aromatic carbocycles. The highest BCUT2D eigenvalue weighted by molar-refractivity contribution is 5.64. The van der Waals surface area contributed by atoms with Crippen LogP contribution in [0.5, 0.6) is 5.75 Å². The maximum Gasteiger partial charge on any atom is 0.123 e. The molecule has 5 rings (SSSR count). The number of ether oxygens (including phenoxy) is 1. The molecule has 1 aliphatic heterocycles. The number of halogens is 1. The third-order valence-electron chi connectivity index (χ3n) is 8.04. The van der Waals surface area contributed by atoms with E-state index in [2.05, 4.69) is 53.4 Å². The fourth-order valence-corrected chi connectivity index (χ4v) is 5.55. The molecule has 208 valence electrons. The Bertz CT molecular complexity index is 1390. The van der Waals surface area contributed by atoms with Crippen molar-refractivity contribution in [3.8, 4) is 16.9 Å². The van der Waals surface area contributed by atoms with Crippen molar-refractivity contribution in [2.75, 3.05) is 32.0 Å². The molecule has 0 bridgehead atoms. The summed E-state index contributed by atoms with van der Waals surface area (Å²) >= 11 is 0. The van der Waals surface area contributed by atoms with Crippen molar-refractivity contribution < 1.29 is 14.2 Å². The van der Waals surface area contributed by atoms with Crippen LogP contribution in [0.3, 0.4) is 0 Å². The van der Waals surface area contributed by atoms with Gasteiger partial charge in [-0.1, -0.05) is 60.7 Å². The van der Waals surface area contributed by atoms with Crippen LogP contribution in [0, 0.1) is 19.7 Å². The minimum Gasteiger partial charge on any atom is -0.491 e.